The topological polar surface area (TPSA) is 46.8 Å². The number of ether oxygens (including phenoxy) is 1. The summed E-state index contributed by atoms with van der Waals surface area (Å²) in [5.41, 5.74) is 1.51. The third-order valence-corrected chi connectivity index (χ3v) is 3.77. The fourth-order valence-electron chi connectivity index (χ4n) is 2.63. The lowest BCUT2D eigenvalue weighted by atomic mass is 10.2. The quantitative estimate of drug-likeness (QED) is 0.861. The largest absolute Gasteiger partial charge is 0.374 e. The molecule has 0 N–H and O–H groups in total. The van der Waals surface area contributed by atoms with Gasteiger partial charge in [-0.15, -0.1) is 0 Å². The molecule has 1 fully saturated rings. The van der Waals surface area contributed by atoms with E-state index in [0.29, 0.717) is 37.6 Å². The molecule has 0 radical (unpaired) electrons. The SMILES string of the molecule is Cc1cccn2c(=O)cc(N3CCOC(CCF)C3)nc12. The lowest BCUT2D eigenvalue weighted by molar-refractivity contribution is 0.0310. The summed E-state index contributed by atoms with van der Waals surface area (Å²) in [7, 11) is 0. The molecule has 1 unspecified atom stereocenters. The van der Waals surface area contributed by atoms with Crippen LogP contribution in [0.25, 0.3) is 5.65 Å². The minimum absolute atomic E-state index is 0.104. The van der Waals surface area contributed by atoms with E-state index in [-0.39, 0.29) is 11.7 Å². The number of hydrogen-bond acceptors (Lipinski definition) is 4. The molecule has 112 valence electrons. The molecule has 2 aromatic heterocycles. The Kier molecular flexibility index (Phi) is 3.88. The predicted octanol–water partition coefficient (Wildman–Crippen LogP) is 1.57. The molecular formula is C15H18FN3O2. The van der Waals surface area contributed by atoms with Crippen LogP contribution in [0.2, 0.25) is 0 Å². The average Bonchev–Trinajstić information content (AvgIpc) is 2.49. The average molecular weight is 291 g/mol. The molecule has 5 nitrogen and oxygen atoms in total. The van der Waals surface area contributed by atoms with E-state index in [1.165, 1.54) is 6.07 Å². The Morgan fingerprint density at radius 2 is 2.38 bits per heavy atom. The van der Waals surface area contributed by atoms with Gasteiger partial charge < -0.3 is 9.64 Å². The van der Waals surface area contributed by atoms with E-state index in [1.807, 2.05) is 24.0 Å². The van der Waals surface area contributed by atoms with Crippen molar-refractivity contribution in [3.8, 4) is 0 Å². The van der Waals surface area contributed by atoms with Gasteiger partial charge in [-0.1, -0.05) is 6.07 Å². The molecule has 1 saturated heterocycles. The number of nitrogens with zero attached hydrogens (tertiary/aromatic N) is 3. The fourth-order valence-corrected chi connectivity index (χ4v) is 2.63. The molecule has 3 rings (SSSR count). The van der Waals surface area contributed by atoms with Crippen molar-refractivity contribution < 1.29 is 9.13 Å². The Bertz CT molecular complexity index is 699. The van der Waals surface area contributed by atoms with Crippen molar-refractivity contribution in [3.05, 3.63) is 40.3 Å². The summed E-state index contributed by atoms with van der Waals surface area (Å²) in [6, 6.07) is 5.29. The molecule has 0 amide bonds. The molecule has 0 aliphatic carbocycles. The summed E-state index contributed by atoms with van der Waals surface area (Å²) >= 11 is 0. The normalized spacial score (nSPS) is 19.1. The van der Waals surface area contributed by atoms with Crippen LogP contribution in [0.15, 0.2) is 29.2 Å². The van der Waals surface area contributed by atoms with Gasteiger partial charge in [-0.05, 0) is 18.6 Å². The molecule has 0 spiro atoms. The van der Waals surface area contributed by atoms with Gasteiger partial charge in [-0.3, -0.25) is 13.6 Å². The van der Waals surface area contributed by atoms with Crippen LogP contribution in [0, 0.1) is 6.92 Å². The second kappa shape index (κ2) is 5.81. The Hall–Kier alpha value is -1.95. The van der Waals surface area contributed by atoms with Crippen molar-refractivity contribution in [2.24, 2.45) is 0 Å². The third kappa shape index (κ3) is 2.76. The lowest BCUT2D eigenvalue weighted by Crippen LogP contribution is -2.43. The van der Waals surface area contributed by atoms with Gasteiger partial charge >= 0.3 is 0 Å². The first-order chi connectivity index (χ1) is 10.2. The molecule has 0 bridgehead atoms. The van der Waals surface area contributed by atoms with Crippen LogP contribution < -0.4 is 10.5 Å². The van der Waals surface area contributed by atoms with Crippen LogP contribution in [0.3, 0.4) is 0 Å². The molecule has 1 aliphatic heterocycles. The number of anilines is 1. The summed E-state index contributed by atoms with van der Waals surface area (Å²) < 4.78 is 19.5. The highest BCUT2D eigenvalue weighted by Crippen LogP contribution is 2.17. The van der Waals surface area contributed by atoms with E-state index in [2.05, 4.69) is 4.98 Å². The van der Waals surface area contributed by atoms with Gasteiger partial charge in [0.2, 0.25) is 0 Å². The fraction of sp³-hybridized carbons (Fsp3) is 0.467. The summed E-state index contributed by atoms with van der Waals surface area (Å²) in [4.78, 5) is 18.8. The molecular weight excluding hydrogens is 273 g/mol. The van der Waals surface area contributed by atoms with Gasteiger partial charge in [0.15, 0.2) is 0 Å². The highest BCUT2D eigenvalue weighted by molar-refractivity contribution is 5.53. The van der Waals surface area contributed by atoms with Crippen LogP contribution >= 0.6 is 0 Å². The molecule has 6 heteroatoms. The number of alkyl halides is 1. The maximum atomic E-state index is 12.5. The van der Waals surface area contributed by atoms with E-state index in [0.717, 1.165) is 5.56 Å². The summed E-state index contributed by atoms with van der Waals surface area (Å²) in [5, 5.41) is 0. The molecule has 21 heavy (non-hydrogen) atoms. The molecule has 0 aromatic carbocycles. The first-order valence-corrected chi connectivity index (χ1v) is 7.10. The summed E-state index contributed by atoms with van der Waals surface area (Å²) in [6.07, 6.45) is 1.95. The van der Waals surface area contributed by atoms with Crippen molar-refractivity contribution in [2.45, 2.75) is 19.4 Å². The second-order valence-corrected chi connectivity index (χ2v) is 5.25. The maximum Gasteiger partial charge on any atom is 0.259 e. The van der Waals surface area contributed by atoms with E-state index < -0.39 is 6.67 Å². The van der Waals surface area contributed by atoms with E-state index >= 15 is 0 Å². The number of aromatic nitrogens is 2. The third-order valence-electron chi connectivity index (χ3n) is 3.77. The van der Waals surface area contributed by atoms with Crippen molar-refractivity contribution in [1.29, 1.82) is 0 Å². The number of hydrogen-bond donors (Lipinski definition) is 0. The minimum atomic E-state index is -0.397. The molecule has 1 atom stereocenters. The van der Waals surface area contributed by atoms with Gasteiger partial charge in [0, 0.05) is 31.8 Å². The zero-order chi connectivity index (χ0) is 14.8. The highest BCUT2D eigenvalue weighted by atomic mass is 19.1. The lowest BCUT2D eigenvalue weighted by Gasteiger charge is -2.33. The second-order valence-electron chi connectivity index (χ2n) is 5.25. The highest BCUT2D eigenvalue weighted by Gasteiger charge is 2.22. The first kappa shape index (κ1) is 14.0. The van der Waals surface area contributed by atoms with Crippen LogP contribution in [-0.2, 0) is 4.74 Å². The smallest absolute Gasteiger partial charge is 0.259 e. The summed E-state index contributed by atoms with van der Waals surface area (Å²) in [6.45, 7) is 3.29. The zero-order valence-electron chi connectivity index (χ0n) is 12.0. The molecule has 2 aromatic rings. The van der Waals surface area contributed by atoms with E-state index in [9.17, 15) is 9.18 Å². The van der Waals surface area contributed by atoms with Gasteiger partial charge in [0.25, 0.3) is 5.56 Å². The van der Waals surface area contributed by atoms with Crippen LogP contribution in [0.5, 0.6) is 0 Å². The van der Waals surface area contributed by atoms with Gasteiger partial charge in [0.1, 0.15) is 11.5 Å². The number of pyridine rings is 1. The number of fused-ring (bicyclic) bond motifs is 1. The van der Waals surface area contributed by atoms with Gasteiger partial charge in [-0.25, -0.2) is 4.98 Å². The number of morpholine rings is 1. The zero-order valence-corrected chi connectivity index (χ0v) is 12.0. The summed E-state index contributed by atoms with van der Waals surface area (Å²) in [5.74, 6) is 0.640. The molecule has 1 aliphatic rings. The Morgan fingerprint density at radius 1 is 1.52 bits per heavy atom. The molecule has 0 saturated carbocycles. The van der Waals surface area contributed by atoms with Crippen molar-refractivity contribution in [1.82, 2.24) is 9.38 Å². The van der Waals surface area contributed by atoms with Crippen LogP contribution in [0.4, 0.5) is 10.2 Å². The van der Waals surface area contributed by atoms with Gasteiger partial charge in [-0.2, -0.15) is 0 Å². The predicted molar refractivity (Wildman–Crippen MR) is 78.7 cm³/mol. The van der Waals surface area contributed by atoms with Crippen molar-refractivity contribution in [2.75, 3.05) is 31.3 Å². The van der Waals surface area contributed by atoms with Gasteiger partial charge in [0.05, 0.1) is 19.4 Å². The van der Waals surface area contributed by atoms with Crippen LogP contribution in [0.1, 0.15) is 12.0 Å². The Morgan fingerprint density at radius 3 is 3.19 bits per heavy atom. The van der Waals surface area contributed by atoms with Crippen LogP contribution in [-0.4, -0.2) is 41.9 Å². The minimum Gasteiger partial charge on any atom is -0.374 e. The van der Waals surface area contributed by atoms with E-state index in [4.69, 9.17) is 4.74 Å². The van der Waals surface area contributed by atoms with Crippen molar-refractivity contribution >= 4 is 11.5 Å². The monoisotopic (exact) mass is 291 g/mol. The Labute approximate surface area is 122 Å². The molecule has 3 heterocycles. The van der Waals surface area contributed by atoms with E-state index in [1.54, 1.807) is 10.6 Å². The maximum absolute atomic E-state index is 12.5. The van der Waals surface area contributed by atoms with Crippen molar-refractivity contribution in [3.63, 3.8) is 0 Å². The first-order valence-electron chi connectivity index (χ1n) is 7.10. The number of rotatable bonds is 3. The number of aryl methyl sites for hydroxylation is 1. The Balaban J connectivity index is 1.97. The number of halogens is 1. The standard InChI is InChI=1S/C15H18FN3O2/c1-11-3-2-6-19-14(20)9-13(17-15(11)19)18-7-8-21-12(10-18)4-5-16/h2-3,6,9,12H,4-5,7-8,10H2,1H3.